The van der Waals surface area contributed by atoms with Gasteiger partial charge in [0.05, 0.1) is 11.7 Å². The summed E-state index contributed by atoms with van der Waals surface area (Å²) in [6, 6.07) is 7.61. The molecule has 1 amide bonds. The van der Waals surface area contributed by atoms with Crippen LogP contribution >= 0.6 is 0 Å². The van der Waals surface area contributed by atoms with Crippen molar-refractivity contribution in [1.82, 2.24) is 10.2 Å². The Bertz CT molecular complexity index is 554. The van der Waals surface area contributed by atoms with E-state index in [1.54, 1.807) is 13.8 Å². The smallest absolute Gasteiger partial charge is 0.251 e. The molecule has 1 saturated heterocycles. The molecule has 0 aromatic heterocycles. The molecule has 5 nitrogen and oxygen atoms in total. The molecule has 0 saturated carbocycles. The highest BCUT2D eigenvalue weighted by atomic mass is 16.3. The van der Waals surface area contributed by atoms with Gasteiger partial charge in [0.15, 0.2) is 0 Å². The first-order valence-corrected chi connectivity index (χ1v) is 9.33. The number of hydrogen-bond donors (Lipinski definition) is 3. The molecule has 5 heteroatoms. The summed E-state index contributed by atoms with van der Waals surface area (Å²) in [6.07, 6.45) is 4.05. The van der Waals surface area contributed by atoms with Gasteiger partial charge in [-0.3, -0.25) is 4.79 Å². The number of piperidine rings is 1. The molecule has 0 aliphatic carbocycles. The van der Waals surface area contributed by atoms with Crippen molar-refractivity contribution in [2.24, 2.45) is 0 Å². The fraction of sp³-hybridized carbons (Fsp3) is 0.650. The van der Waals surface area contributed by atoms with E-state index in [1.807, 2.05) is 24.3 Å². The summed E-state index contributed by atoms with van der Waals surface area (Å²) in [4.78, 5) is 14.5. The largest absolute Gasteiger partial charge is 0.392 e. The van der Waals surface area contributed by atoms with Crippen molar-refractivity contribution in [3.8, 4) is 0 Å². The molecule has 0 unspecified atom stereocenters. The minimum absolute atomic E-state index is 0.0520. The quantitative estimate of drug-likeness (QED) is 0.628. The van der Waals surface area contributed by atoms with Crippen molar-refractivity contribution >= 4 is 5.91 Å². The van der Waals surface area contributed by atoms with Gasteiger partial charge in [0, 0.05) is 18.7 Å². The number of likely N-dealkylation sites (tertiary alicyclic amines) is 1. The Morgan fingerprint density at radius 2 is 2.20 bits per heavy atom. The summed E-state index contributed by atoms with van der Waals surface area (Å²) in [5.41, 5.74) is 1.04. The first-order valence-electron chi connectivity index (χ1n) is 9.33. The van der Waals surface area contributed by atoms with E-state index in [0.717, 1.165) is 50.9 Å². The minimum atomic E-state index is -0.694. The highest BCUT2D eigenvalue weighted by molar-refractivity contribution is 5.94. The Morgan fingerprint density at radius 1 is 1.40 bits per heavy atom. The Morgan fingerprint density at radius 3 is 2.92 bits per heavy atom. The second kappa shape index (κ2) is 9.32. The minimum Gasteiger partial charge on any atom is -0.392 e. The van der Waals surface area contributed by atoms with Gasteiger partial charge in [0.2, 0.25) is 0 Å². The van der Waals surface area contributed by atoms with E-state index in [1.165, 1.54) is 0 Å². The van der Waals surface area contributed by atoms with Crippen LogP contribution in [0.4, 0.5) is 0 Å². The average Bonchev–Trinajstić information content (AvgIpc) is 2.56. The molecular formula is C20H32N2O3. The second-order valence-electron chi connectivity index (χ2n) is 7.72. The molecule has 2 rings (SSSR count). The number of carbonyl (C=O) groups excluding carboxylic acids is 1. The normalized spacial score (nSPS) is 19.0. The Kier molecular flexibility index (Phi) is 7.41. The molecule has 25 heavy (non-hydrogen) atoms. The Hall–Kier alpha value is -1.43. The van der Waals surface area contributed by atoms with E-state index < -0.39 is 5.60 Å². The second-order valence-corrected chi connectivity index (χ2v) is 7.72. The number of aryl methyl sites for hydroxylation is 1. The summed E-state index contributed by atoms with van der Waals surface area (Å²) in [6.45, 7) is 6.92. The lowest BCUT2D eigenvalue weighted by Gasteiger charge is -2.29. The summed E-state index contributed by atoms with van der Waals surface area (Å²) in [5.74, 6) is -0.0520. The van der Waals surface area contributed by atoms with E-state index in [0.29, 0.717) is 18.5 Å². The van der Waals surface area contributed by atoms with E-state index >= 15 is 0 Å². The van der Waals surface area contributed by atoms with Gasteiger partial charge in [-0.25, -0.2) is 0 Å². The summed E-state index contributed by atoms with van der Waals surface area (Å²) in [7, 11) is 0. The highest BCUT2D eigenvalue weighted by Gasteiger charge is 2.17. The zero-order valence-corrected chi connectivity index (χ0v) is 15.5. The first-order chi connectivity index (χ1) is 11.8. The van der Waals surface area contributed by atoms with Gasteiger partial charge < -0.3 is 20.4 Å². The van der Waals surface area contributed by atoms with Gasteiger partial charge in [-0.05, 0) is 76.7 Å². The summed E-state index contributed by atoms with van der Waals surface area (Å²) in [5, 5.41) is 22.5. The molecule has 1 heterocycles. The molecule has 1 aromatic carbocycles. The van der Waals surface area contributed by atoms with E-state index in [9.17, 15) is 15.0 Å². The molecule has 1 aliphatic rings. The lowest BCUT2D eigenvalue weighted by Crippen LogP contribution is -2.39. The first kappa shape index (κ1) is 19.9. The van der Waals surface area contributed by atoms with Crippen LogP contribution in [-0.4, -0.2) is 58.9 Å². The van der Waals surface area contributed by atoms with Gasteiger partial charge in [0.1, 0.15) is 0 Å². The monoisotopic (exact) mass is 348 g/mol. The van der Waals surface area contributed by atoms with Crippen LogP contribution in [0.25, 0.3) is 0 Å². The molecule has 0 radical (unpaired) electrons. The third kappa shape index (κ3) is 7.55. The molecule has 0 bridgehead atoms. The lowest BCUT2D eigenvalue weighted by molar-refractivity contribution is 0.0697. The van der Waals surface area contributed by atoms with Crippen molar-refractivity contribution in [2.45, 2.75) is 57.7 Å². The van der Waals surface area contributed by atoms with Crippen molar-refractivity contribution < 1.29 is 15.0 Å². The van der Waals surface area contributed by atoms with Gasteiger partial charge in [-0.1, -0.05) is 12.1 Å². The van der Waals surface area contributed by atoms with Gasteiger partial charge in [-0.15, -0.1) is 0 Å². The van der Waals surface area contributed by atoms with Gasteiger partial charge >= 0.3 is 0 Å². The number of rotatable bonds is 8. The molecule has 0 spiro atoms. The van der Waals surface area contributed by atoms with Crippen molar-refractivity contribution in [1.29, 1.82) is 0 Å². The fourth-order valence-electron chi connectivity index (χ4n) is 3.16. The van der Waals surface area contributed by atoms with Crippen LogP contribution in [0, 0.1) is 0 Å². The SMILES string of the molecule is CC(C)(O)CCc1cccc(C(=O)NCCCN2CCC[C@H](O)C2)c1. The third-order valence-electron chi connectivity index (χ3n) is 4.63. The molecule has 140 valence electrons. The summed E-state index contributed by atoms with van der Waals surface area (Å²) >= 11 is 0. The average molecular weight is 348 g/mol. The predicted molar refractivity (Wildman–Crippen MR) is 99.7 cm³/mol. The third-order valence-corrected chi connectivity index (χ3v) is 4.63. The highest BCUT2D eigenvalue weighted by Crippen LogP contribution is 2.14. The number of aliphatic hydroxyl groups excluding tert-OH is 1. The van der Waals surface area contributed by atoms with E-state index in [2.05, 4.69) is 10.2 Å². The molecular weight excluding hydrogens is 316 g/mol. The van der Waals surface area contributed by atoms with Crippen LogP contribution in [0.5, 0.6) is 0 Å². The number of aliphatic hydroxyl groups is 2. The summed E-state index contributed by atoms with van der Waals surface area (Å²) < 4.78 is 0. The maximum atomic E-state index is 12.3. The van der Waals surface area contributed by atoms with E-state index in [-0.39, 0.29) is 12.0 Å². The van der Waals surface area contributed by atoms with Crippen molar-refractivity contribution in [3.63, 3.8) is 0 Å². The molecule has 1 atom stereocenters. The maximum Gasteiger partial charge on any atom is 0.251 e. The van der Waals surface area contributed by atoms with Crippen molar-refractivity contribution in [2.75, 3.05) is 26.2 Å². The number of β-amino-alcohol motifs (C(OH)–C–C–N with tert-alkyl or cyclic N) is 1. The van der Waals surface area contributed by atoms with Crippen LogP contribution in [0.3, 0.4) is 0 Å². The van der Waals surface area contributed by atoms with Gasteiger partial charge in [-0.2, -0.15) is 0 Å². The number of nitrogens with one attached hydrogen (secondary N) is 1. The molecule has 1 fully saturated rings. The standard InChI is InChI=1S/C20H32N2O3/c1-20(2,25)10-9-16-6-3-7-17(14-16)19(24)21-11-5-13-22-12-4-8-18(23)15-22/h3,6-7,14,18,23,25H,4-5,8-13,15H2,1-2H3,(H,21,24)/t18-/m0/s1. The van der Waals surface area contributed by atoms with Crippen LogP contribution in [0.15, 0.2) is 24.3 Å². The topological polar surface area (TPSA) is 72.8 Å². The fourth-order valence-corrected chi connectivity index (χ4v) is 3.16. The molecule has 3 N–H and O–H groups in total. The van der Waals surface area contributed by atoms with Crippen LogP contribution in [-0.2, 0) is 6.42 Å². The zero-order chi connectivity index (χ0) is 18.3. The number of benzene rings is 1. The molecule has 1 aliphatic heterocycles. The van der Waals surface area contributed by atoms with Crippen LogP contribution in [0.2, 0.25) is 0 Å². The number of hydrogen-bond acceptors (Lipinski definition) is 4. The Balaban J connectivity index is 1.73. The van der Waals surface area contributed by atoms with Gasteiger partial charge in [0.25, 0.3) is 5.91 Å². The number of carbonyl (C=O) groups is 1. The number of amides is 1. The van der Waals surface area contributed by atoms with E-state index in [4.69, 9.17) is 0 Å². The predicted octanol–water partition coefficient (Wildman–Crippen LogP) is 1.97. The molecule has 1 aromatic rings. The zero-order valence-electron chi connectivity index (χ0n) is 15.5. The van der Waals surface area contributed by atoms with Crippen LogP contribution in [0.1, 0.15) is 55.5 Å². The maximum absolute atomic E-state index is 12.3. The number of nitrogens with zero attached hydrogens (tertiary/aromatic N) is 1. The Labute approximate surface area is 151 Å². The van der Waals surface area contributed by atoms with Crippen LogP contribution < -0.4 is 5.32 Å². The lowest BCUT2D eigenvalue weighted by atomic mass is 9.98. The van der Waals surface area contributed by atoms with Crippen molar-refractivity contribution in [3.05, 3.63) is 35.4 Å².